The van der Waals surface area contributed by atoms with Gasteiger partial charge in [0, 0.05) is 20.2 Å². The Kier molecular flexibility index (Phi) is 7.26. The molecule has 0 aromatic heterocycles. The lowest BCUT2D eigenvalue weighted by Crippen LogP contribution is -2.36. The number of nitrogens with one attached hydrogen (secondary N) is 1. The molecule has 0 saturated heterocycles. The van der Waals surface area contributed by atoms with Gasteiger partial charge >= 0.3 is 0 Å². The summed E-state index contributed by atoms with van der Waals surface area (Å²) in [4.78, 5) is 0. The number of ether oxygens (including phenoxy) is 1. The topological polar surface area (TPSA) is 55.4 Å². The summed E-state index contributed by atoms with van der Waals surface area (Å²) in [6.07, 6.45) is 2.42. The predicted octanol–water partition coefficient (Wildman–Crippen LogP) is 2.02. The third kappa shape index (κ3) is 6.54. The molecular formula is C14H29NO3S. The Labute approximate surface area is 118 Å². The van der Waals surface area contributed by atoms with Crippen LogP contribution in [0.15, 0.2) is 12.7 Å². The minimum atomic E-state index is -3.08. The van der Waals surface area contributed by atoms with Crippen LogP contribution in [0.3, 0.4) is 0 Å². The molecule has 0 radical (unpaired) electrons. The lowest BCUT2D eigenvalue weighted by molar-refractivity contribution is 0.195. The van der Waals surface area contributed by atoms with Gasteiger partial charge in [-0.05, 0) is 32.6 Å². The molecule has 1 atom stereocenters. The van der Waals surface area contributed by atoms with Crippen molar-refractivity contribution in [3.63, 3.8) is 0 Å². The van der Waals surface area contributed by atoms with Crippen molar-refractivity contribution in [1.82, 2.24) is 5.32 Å². The average Bonchev–Trinajstić information content (AvgIpc) is 2.31. The number of hydrogen-bond donors (Lipinski definition) is 1. The van der Waals surface area contributed by atoms with Crippen LogP contribution in [0.2, 0.25) is 0 Å². The average molecular weight is 291 g/mol. The number of rotatable bonds is 9. The molecule has 4 nitrogen and oxygen atoms in total. The summed E-state index contributed by atoms with van der Waals surface area (Å²) >= 11 is 0. The Morgan fingerprint density at radius 2 is 1.84 bits per heavy atom. The summed E-state index contributed by atoms with van der Waals surface area (Å²) in [6.45, 7) is 13.2. The Morgan fingerprint density at radius 1 is 1.26 bits per heavy atom. The highest BCUT2D eigenvalue weighted by Crippen LogP contribution is 2.26. The molecule has 1 unspecified atom stereocenters. The lowest BCUT2D eigenvalue weighted by atomic mass is 9.88. The van der Waals surface area contributed by atoms with Crippen molar-refractivity contribution >= 4 is 9.84 Å². The third-order valence-electron chi connectivity index (χ3n) is 3.38. The third-order valence-corrected chi connectivity index (χ3v) is 5.99. The van der Waals surface area contributed by atoms with Crippen LogP contribution in [0, 0.1) is 5.41 Å². The van der Waals surface area contributed by atoms with Crippen LogP contribution >= 0.6 is 0 Å². The normalized spacial score (nSPS) is 16.1. The van der Waals surface area contributed by atoms with Crippen LogP contribution in [0.1, 0.15) is 34.1 Å². The van der Waals surface area contributed by atoms with Gasteiger partial charge in [0.2, 0.25) is 0 Å². The van der Waals surface area contributed by atoms with Crippen molar-refractivity contribution in [2.75, 3.05) is 32.6 Å². The molecule has 0 bridgehead atoms. The van der Waals surface area contributed by atoms with Gasteiger partial charge in [0.05, 0.1) is 17.1 Å². The molecule has 114 valence electrons. The summed E-state index contributed by atoms with van der Waals surface area (Å²) in [5, 5.41) is 3.26. The zero-order valence-electron chi connectivity index (χ0n) is 13.0. The lowest BCUT2D eigenvalue weighted by Gasteiger charge is -2.28. The molecule has 0 fully saturated rings. The first-order valence-electron chi connectivity index (χ1n) is 6.63. The largest absolute Gasteiger partial charge is 0.383 e. The minimum Gasteiger partial charge on any atom is -0.383 e. The minimum absolute atomic E-state index is 0.185. The van der Waals surface area contributed by atoms with Gasteiger partial charge in [-0.15, -0.1) is 6.58 Å². The maximum absolute atomic E-state index is 12.1. The number of hydrogen-bond acceptors (Lipinski definition) is 4. The summed E-state index contributed by atoms with van der Waals surface area (Å²) in [6, 6.07) is 0. The highest BCUT2D eigenvalue weighted by Gasteiger charge is 2.31. The van der Waals surface area contributed by atoms with E-state index in [0.717, 1.165) is 6.54 Å². The molecule has 19 heavy (non-hydrogen) atoms. The van der Waals surface area contributed by atoms with Crippen LogP contribution in [-0.2, 0) is 14.6 Å². The second-order valence-corrected chi connectivity index (χ2v) is 9.07. The van der Waals surface area contributed by atoms with Crippen molar-refractivity contribution in [1.29, 1.82) is 0 Å². The maximum Gasteiger partial charge on any atom is 0.155 e. The van der Waals surface area contributed by atoms with Gasteiger partial charge in [-0.3, -0.25) is 0 Å². The molecule has 0 heterocycles. The van der Waals surface area contributed by atoms with E-state index in [-0.39, 0.29) is 11.2 Å². The van der Waals surface area contributed by atoms with E-state index < -0.39 is 14.6 Å². The van der Waals surface area contributed by atoms with E-state index in [4.69, 9.17) is 4.74 Å². The standard InChI is InChI=1S/C14H29NO3S/c1-7-14(5,12-15-9-10-18-6)8-11-19(16,17)13(2,3)4/h7,15H,1,8-12H2,2-6H3. The van der Waals surface area contributed by atoms with Crippen LogP contribution in [-0.4, -0.2) is 45.7 Å². The number of methoxy groups -OCH3 is 1. The van der Waals surface area contributed by atoms with Gasteiger partial charge in [0.25, 0.3) is 0 Å². The van der Waals surface area contributed by atoms with Gasteiger partial charge in [-0.1, -0.05) is 13.0 Å². The first-order chi connectivity index (χ1) is 8.58. The van der Waals surface area contributed by atoms with Crippen LogP contribution in [0.5, 0.6) is 0 Å². The van der Waals surface area contributed by atoms with Crippen LogP contribution in [0.25, 0.3) is 0 Å². The zero-order chi connectivity index (χ0) is 15.2. The van der Waals surface area contributed by atoms with Crippen molar-refractivity contribution < 1.29 is 13.2 Å². The Morgan fingerprint density at radius 3 is 2.26 bits per heavy atom. The first kappa shape index (κ1) is 18.6. The molecule has 0 aliphatic heterocycles. The SMILES string of the molecule is C=CC(C)(CCS(=O)(=O)C(C)(C)C)CNCCOC. The van der Waals surface area contributed by atoms with E-state index in [1.165, 1.54) is 0 Å². The molecule has 5 heteroatoms. The highest BCUT2D eigenvalue weighted by atomic mass is 32.2. The highest BCUT2D eigenvalue weighted by molar-refractivity contribution is 7.92. The monoisotopic (exact) mass is 291 g/mol. The van der Waals surface area contributed by atoms with Gasteiger partial charge < -0.3 is 10.1 Å². The van der Waals surface area contributed by atoms with Crippen LogP contribution in [0.4, 0.5) is 0 Å². The fourth-order valence-corrected chi connectivity index (χ4v) is 2.83. The molecule has 0 saturated carbocycles. The smallest absolute Gasteiger partial charge is 0.155 e. The predicted molar refractivity (Wildman–Crippen MR) is 81.2 cm³/mol. The van der Waals surface area contributed by atoms with E-state index in [9.17, 15) is 8.42 Å². The molecule has 0 amide bonds. The second kappa shape index (κ2) is 7.41. The van der Waals surface area contributed by atoms with E-state index in [1.54, 1.807) is 27.9 Å². The number of sulfone groups is 1. The van der Waals surface area contributed by atoms with Crippen molar-refractivity contribution in [2.45, 2.75) is 38.9 Å². The molecule has 1 N–H and O–H groups in total. The van der Waals surface area contributed by atoms with Crippen molar-refractivity contribution in [2.24, 2.45) is 5.41 Å². The van der Waals surface area contributed by atoms with Crippen molar-refractivity contribution in [3.05, 3.63) is 12.7 Å². The van der Waals surface area contributed by atoms with Gasteiger partial charge in [-0.25, -0.2) is 8.42 Å². The van der Waals surface area contributed by atoms with E-state index in [0.29, 0.717) is 19.6 Å². The maximum atomic E-state index is 12.1. The second-order valence-electron chi connectivity index (χ2n) is 6.21. The summed E-state index contributed by atoms with van der Waals surface area (Å²) in [5.41, 5.74) is -0.216. The fourth-order valence-electron chi connectivity index (χ4n) is 1.48. The summed E-state index contributed by atoms with van der Waals surface area (Å²) in [7, 11) is -1.42. The zero-order valence-corrected chi connectivity index (χ0v) is 13.8. The molecule has 0 aliphatic carbocycles. The molecule has 0 spiro atoms. The summed E-state index contributed by atoms with van der Waals surface area (Å²) < 4.78 is 28.5. The van der Waals surface area contributed by atoms with Crippen molar-refractivity contribution in [3.8, 4) is 0 Å². The first-order valence-corrected chi connectivity index (χ1v) is 8.29. The Bertz CT molecular complexity index is 371. The summed E-state index contributed by atoms with van der Waals surface area (Å²) in [5.74, 6) is 0.185. The molecule has 0 rings (SSSR count). The van der Waals surface area contributed by atoms with Gasteiger partial charge in [0.15, 0.2) is 9.84 Å². The van der Waals surface area contributed by atoms with E-state index in [1.807, 2.05) is 13.0 Å². The molecule has 0 aromatic carbocycles. The van der Waals surface area contributed by atoms with Gasteiger partial charge in [-0.2, -0.15) is 0 Å². The Hall–Kier alpha value is -0.390. The van der Waals surface area contributed by atoms with E-state index >= 15 is 0 Å². The Balaban J connectivity index is 4.44. The molecular weight excluding hydrogens is 262 g/mol. The van der Waals surface area contributed by atoms with Crippen LogP contribution < -0.4 is 5.32 Å². The molecule has 0 aromatic rings. The van der Waals surface area contributed by atoms with E-state index in [2.05, 4.69) is 11.9 Å². The van der Waals surface area contributed by atoms with Gasteiger partial charge in [0.1, 0.15) is 0 Å². The quantitative estimate of drug-likeness (QED) is 0.521. The molecule has 0 aliphatic rings. The fraction of sp³-hybridized carbons (Fsp3) is 0.857.